The topological polar surface area (TPSA) is 34.0 Å². The van der Waals surface area contributed by atoms with Crippen LogP contribution in [0.15, 0.2) is 52.7 Å². The van der Waals surface area contributed by atoms with Crippen molar-refractivity contribution in [3.05, 3.63) is 64.4 Å². The molecule has 0 amide bonds. The monoisotopic (exact) mass is 290 g/mol. The maximum Gasteiger partial charge on any atom is 0.135 e. The van der Waals surface area contributed by atoms with Gasteiger partial charge in [0.1, 0.15) is 11.6 Å². The molecular weight excluding hydrogens is 279 g/mol. The first kappa shape index (κ1) is 14.2. The maximum atomic E-state index is 13.6. The van der Waals surface area contributed by atoms with Crippen molar-refractivity contribution in [1.82, 2.24) is 0 Å². The zero-order valence-electron chi connectivity index (χ0n) is 10.8. The van der Waals surface area contributed by atoms with Gasteiger partial charge < -0.3 is 4.74 Å². The van der Waals surface area contributed by atoms with Gasteiger partial charge in [-0.15, -0.1) is 0 Å². The normalized spacial score (nSPS) is 11.3. The van der Waals surface area contributed by atoms with Gasteiger partial charge in [-0.2, -0.15) is 10.2 Å². The fourth-order valence-corrected chi connectivity index (χ4v) is 1.61. The van der Waals surface area contributed by atoms with Crippen LogP contribution >= 0.6 is 11.6 Å². The Morgan fingerprint density at radius 2 is 1.75 bits per heavy atom. The summed E-state index contributed by atoms with van der Waals surface area (Å²) in [6.07, 6.45) is 2.91. The van der Waals surface area contributed by atoms with E-state index < -0.39 is 5.82 Å². The molecule has 0 aliphatic heterocycles. The summed E-state index contributed by atoms with van der Waals surface area (Å²) in [5.74, 6) is 0.0547. The smallest absolute Gasteiger partial charge is 0.135 e. The van der Waals surface area contributed by atoms with Gasteiger partial charge in [0.15, 0.2) is 0 Å². The van der Waals surface area contributed by atoms with E-state index in [1.54, 1.807) is 30.5 Å². The predicted molar refractivity (Wildman–Crippen MR) is 79.6 cm³/mol. The van der Waals surface area contributed by atoms with E-state index >= 15 is 0 Å². The SMILES string of the molecule is COc1ccc(/C=N/N=C/c2ccc(Cl)cc2)c(F)c1. The van der Waals surface area contributed by atoms with E-state index in [4.69, 9.17) is 16.3 Å². The summed E-state index contributed by atoms with van der Waals surface area (Å²) in [6, 6.07) is 11.7. The highest BCUT2D eigenvalue weighted by Gasteiger charge is 2.00. The third kappa shape index (κ3) is 3.90. The van der Waals surface area contributed by atoms with Gasteiger partial charge in [0, 0.05) is 16.7 Å². The molecule has 0 radical (unpaired) electrons. The average molecular weight is 291 g/mol. The van der Waals surface area contributed by atoms with Crippen LogP contribution < -0.4 is 4.74 Å². The van der Waals surface area contributed by atoms with Crippen LogP contribution in [-0.4, -0.2) is 19.5 Å². The van der Waals surface area contributed by atoms with E-state index in [2.05, 4.69) is 10.2 Å². The fraction of sp³-hybridized carbons (Fsp3) is 0.0667. The molecular formula is C15H12ClFN2O. The third-order valence-corrected chi connectivity index (χ3v) is 2.80. The molecule has 0 spiro atoms. The van der Waals surface area contributed by atoms with Gasteiger partial charge in [-0.1, -0.05) is 23.7 Å². The molecule has 102 valence electrons. The Morgan fingerprint density at radius 3 is 2.40 bits per heavy atom. The lowest BCUT2D eigenvalue weighted by Crippen LogP contribution is -1.90. The van der Waals surface area contributed by atoms with Crippen LogP contribution in [0.5, 0.6) is 5.75 Å². The Kier molecular flexibility index (Phi) is 4.85. The second-order valence-corrected chi connectivity index (χ2v) is 4.36. The summed E-state index contributed by atoms with van der Waals surface area (Å²) < 4.78 is 18.5. The summed E-state index contributed by atoms with van der Waals surface area (Å²) in [6.45, 7) is 0. The highest BCUT2D eigenvalue weighted by molar-refractivity contribution is 6.30. The number of benzene rings is 2. The highest BCUT2D eigenvalue weighted by Crippen LogP contribution is 2.14. The second kappa shape index (κ2) is 6.82. The molecule has 2 aromatic rings. The van der Waals surface area contributed by atoms with E-state index in [1.807, 2.05) is 12.1 Å². The van der Waals surface area contributed by atoms with Gasteiger partial charge in [-0.05, 0) is 29.8 Å². The summed E-state index contributed by atoms with van der Waals surface area (Å²) >= 11 is 5.77. The van der Waals surface area contributed by atoms with Crippen molar-refractivity contribution in [3.63, 3.8) is 0 Å². The Labute approximate surface area is 121 Å². The molecule has 2 aromatic carbocycles. The molecule has 5 heteroatoms. The van der Waals surface area contributed by atoms with Crippen LogP contribution in [0.25, 0.3) is 0 Å². The zero-order valence-corrected chi connectivity index (χ0v) is 11.5. The van der Waals surface area contributed by atoms with Crippen molar-refractivity contribution >= 4 is 24.0 Å². The summed E-state index contributed by atoms with van der Waals surface area (Å²) in [5.41, 5.74) is 1.21. The predicted octanol–water partition coefficient (Wildman–Crippen LogP) is 3.94. The molecule has 0 heterocycles. The molecule has 3 nitrogen and oxygen atoms in total. The molecule has 0 saturated carbocycles. The number of rotatable bonds is 4. The molecule has 0 fully saturated rings. The first-order valence-corrected chi connectivity index (χ1v) is 6.22. The molecule has 0 N–H and O–H groups in total. The minimum absolute atomic E-state index is 0.346. The lowest BCUT2D eigenvalue weighted by atomic mass is 10.2. The van der Waals surface area contributed by atoms with Gasteiger partial charge in [0.2, 0.25) is 0 Å². The van der Waals surface area contributed by atoms with Crippen LogP contribution in [0.1, 0.15) is 11.1 Å². The van der Waals surface area contributed by atoms with Gasteiger partial charge >= 0.3 is 0 Å². The lowest BCUT2D eigenvalue weighted by molar-refractivity contribution is 0.411. The highest BCUT2D eigenvalue weighted by atomic mass is 35.5. The van der Waals surface area contributed by atoms with Gasteiger partial charge in [0.25, 0.3) is 0 Å². The van der Waals surface area contributed by atoms with Crippen LogP contribution in [0.3, 0.4) is 0 Å². The summed E-state index contributed by atoms with van der Waals surface area (Å²) in [5, 5.41) is 8.32. The Hall–Kier alpha value is -2.20. The average Bonchev–Trinajstić information content (AvgIpc) is 2.46. The minimum Gasteiger partial charge on any atom is -0.497 e. The molecule has 2 rings (SSSR count). The number of halogens is 2. The number of hydrogen-bond donors (Lipinski definition) is 0. The molecule has 0 bridgehead atoms. The number of nitrogens with zero attached hydrogens (tertiary/aromatic N) is 2. The molecule has 0 aliphatic carbocycles. The summed E-state index contributed by atoms with van der Waals surface area (Å²) in [7, 11) is 1.49. The molecule has 0 aromatic heterocycles. The molecule has 20 heavy (non-hydrogen) atoms. The molecule has 0 atom stereocenters. The van der Waals surface area contributed by atoms with Crippen molar-refractivity contribution < 1.29 is 9.13 Å². The van der Waals surface area contributed by atoms with Crippen molar-refractivity contribution in [1.29, 1.82) is 0 Å². The standard InChI is InChI=1S/C15H12ClFN2O/c1-20-14-7-4-12(15(17)8-14)10-19-18-9-11-2-5-13(16)6-3-11/h2-10H,1H3/b18-9+,19-10+. The van der Waals surface area contributed by atoms with Crippen LogP contribution in [-0.2, 0) is 0 Å². The van der Waals surface area contributed by atoms with Crippen molar-refractivity contribution in [2.45, 2.75) is 0 Å². The molecule has 0 saturated heterocycles. The first-order chi connectivity index (χ1) is 9.69. The third-order valence-electron chi connectivity index (χ3n) is 2.55. The number of ether oxygens (including phenoxy) is 1. The van der Waals surface area contributed by atoms with E-state index in [1.165, 1.54) is 19.4 Å². The van der Waals surface area contributed by atoms with Gasteiger partial charge in [-0.25, -0.2) is 4.39 Å². The molecule has 0 unspecified atom stereocenters. The van der Waals surface area contributed by atoms with Gasteiger partial charge in [-0.3, -0.25) is 0 Å². The van der Waals surface area contributed by atoms with Crippen molar-refractivity contribution in [3.8, 4) is 5.75 Å². The Bertz CT molecular complexity index is 639. The number of hydrogen-bond acceptors (Lipinski definition) is 3. The first-order valence-electron chi connectivity index (χ1n) is 5.84. The van der Waals surface area contributed by atoms with E-state index in [0.29, 0.717) is 16.3 Å². The van der Waals surface area contributed by atoms with Crippen molar-refractivity contribution in [2.75, 3.05) is 7.11 Å². The second-order valence-electron chi connectivity index (χ2n) is 3.93. The Balaban J connectivity index is 2.04. The van der Waals surface area contributed by atoms with E-state index in [9.17, 15) is 4.39 Å². The minimum atomic E-state index is -0.408. The zero-order chi connectivity index (χ0) is 14.4. The largest absolute Gasteiger partial charge is 0.497 e. The lowest BCUT2D eigenvalue weighted by Gasteiger charge is -2.00. The van der Waals surface area contributed by atoms with Crippen LogP contribution in [0, 0.1) is 5.82 Å². The van der Waals surface area contributed by atoms with E-state index in [0.717, 1.165) is 5.56 Å². The summed E-state index contributed by atoms with van der Waals surface area (Å²) in [4.78, 5) is 0. The maximum absolute atomic E-state index is 13.6. The molecule has 0 aliphatic rings. The van der Waals surface area contributed by atoms with Crippen LogP contribution in [0.2, 0.25) is 5.02 Å². The number of methoxy groups -OCH3 is 1. The van der Waals surface area contributed by atoms with Gasteiger partial charge in [0.05, 0.1) is 19.5 Å². The Morgan fingerprint density at radius 1 is 1.05 bits per heavy atom. The van der Waals surface area contributed by atoms with Crippen LogP contribution in [0.4, 0.5) is 4.39 Å². The van der Waals surface area contributed by atoms with Crippen molar-refractivity contribution in [2.24, 2.45) is 10.2 Å². The van der Waals surface area contributed by atoms with E-state index in [-0.39, 0.29) is 0 Å². The fourth-order valence-electron chi connectivity index (χ4n) is 1.48. The quantitative estimate of drug-likeness (QED) is 0.620.